The first-order chi connectivity index (χ1) is 31.7. The fraction of sp³-hybridized carbons (Fsp3) is 0.984. The number of carbonyl (C=O) groups is 1. The van der Waals surface area contributed by atoms with Crippen molar-refractivity contribution >= 4 is 5.78 Å². The Kier molecular flexibility index (Phi) is 171. The highest BCUT2D eigenvalue weighted by molar-refractivity contribution is 5.72. The molecule has 8 N–H and O–H groups in total. The summed E-state index contributed by atoms with van der Waals surface area (Å²) in [6.07, 6.45) is 34.4. The van der Waals surface area contributed by atoms with Crippen LogP contribution in [0, 0.1) is 5.92 Å². The van der Waals surface area contributed by atoms with Crippen LogP contribution in [0.3, 0.4) is 0 Å². The van der Waals surface area contributed by atoms with Crippen molar-refractivity contribution in [1.29, 1.82) is 0 Å². The average Bonchev–Trinajstić information content (AvgIpc) is 3.23. The summed E-state index contributed by atoms with van der Waals surface area (Å²) in [5.74, 6) is 0.798. The normalized spacial score (nSPS) is 10.8. The maximum Gasteiger partial charge on any atom is 0.126 e. The number of Topliss-reactive ketones (excluding diaryl/α,β-unsaturated/α-hetero) is 1. The molecular formula is C64H156O9. The summed E-state index contributed by atoms with van der Waals surface area (Å²) in [5.41, 5.74) is 0. The van der Waals surface area contributed by atoms with E-state index in [9.17, 15) is 20.1 Å². The highest BCUT2D eigenvalue weighted by Gasteiger charge is 2.06. The van der Waals surface area contributed by atoms with Gasteiger partial charge in [-0.3, -0.25) is 0 Å². The largest absolute Gasteiger partial charge is 0.397 e. The van der Waals surface area contributed by atoms with Crippen LogP contribution >= 0.6 is 0 Å². The van der Waals surface area contributed by atoms with E-state index in [2.05, 4.69) is 83.1 Å². The maximum atomic E-state index is 9.50. The van der Waals surface area contributed by atoms with Crippen LogP contribution in [-0.4, -0.2) is 96.5 Å². The van der Waals surface area contributed by atoms with Crippen LogP contribution in [0.15, 0.2) is 0 Å². The van der Waals surface area contributed by atoms with Gasteiger partial charge in [0, 0.05) is 13.2 Å². The molecule has 0 amide bonds. The lowest BCUT2D eigenvalue weighted by molar-refractivity contribution is -0.115. The summed E-state index contributed by atoms with van der Waals surface area (Å²) in [6.45, 7) is 34.7. The van der Waals surface area contributed by atoms with E-state index in [0.717, 1.165) is 103 Å². The molecule has 0 aliphatic carbocycles. The number of hydrogen-bond donors (Lipinski definition) is 8. The molecule has 0 spiro atoms. The second-order valence-electron chi connectivity index (χ2n) is 18.9. The fourth-order valence-corrected chi connectivity index (χ4v) is 5.88. The van der Waals surface area contributed by atoms with Crippen LogP contribution in [0.4, 0.5) is 0 Å². The van der Waals surface area contributed by atoms with Crippen molar-refractivity contribution in [3.63, 3.8) is 0 Å². The molecule has 0 saturated heterocycles. The van der Waals surface area contributed by atoms with Crippen molar-refractivity contribution < 1.29 is 45.6 Å². The molecule has 73 heavy (non-hydrogen) atoms. The molecule has 0 heterocycles. The first-order valence-electron chi connectivity index (χ1n) is 28.5. The van der Waals surface area contributed by atoms with E-state index < -0.39 is 0 Å². The van der Waals surface area contributed by atoms with E-state index in [0.29, 0.717) is 12.5 Å². The highest BCUT2D eigenvalue weighted by Crippen LogP contribution is 2.12. The van der Waals surface area contributed by atoms with E-state index in [1.54, 1.807) is 6.92 Å². The van der Waals surface area contributed by atoms with E-state index in [4.69, 9.17) is 25.5 Å². The van der Waals surface area contributed by atoms with E-state index in [1.165, 1.54) is 110 Å². The second kappa shape index (κ2) is 111. The molecule has 4 unspecified atom stereocenters. The third-order valence-electron chi connectivity index (χ3n) is 9.62. The number of unbranched alkanes of at least 4 members (excludes halogenated alkanes) is 11. The van der Waals surface area contributed by atoms with Gasteiger partial charge in [-0.05, 0) is 111 Å². The van der Waals surface area contributed by atoms with Crippen molar-refractivity contribution in [2.45, 2.75) is 398 Å². The minimum atomic E-state index is -0.102. The van der Waals surface area contributed by atoms with Gasteiger partial charge in [-0.2, -0.15) is 0 Å². The first kappa shape index (κ1) is 112. The molecule has 0 aliphatic rings. The van der Waals surface area contributed by atoms with Gasteiger partial charge in [0.25, 0.3) is 0 Å². The quantitative estimate of drug-likeness (QED) is 0.0305. The Labute approximate surface area is 466 Å². The molecule has 0 radical (unpaired) electrons. The molecule has 9 nitrogen and oxygen atoms in total. The average molecular weight is 1070 g/mol. The summed E-state index contributed by atoms with van der Waals surface area (Å²) in [5, 5.41) is 70.2. The molecule has 0 saturated carbocycles. The predicted octanol–water partition coefficient (Wildman–Crippen LogP) is 19.5. The van der Waals surface area contributed by atoms with Crippen molar-refractivity contribution in [3.05, 3.63) is 0 Å². The first-order valence-corrected chi connectivity index (χ1v) is 28.5. The Morgan fingerprint density at radius 1 is 0.315 bits per heavy atom. The molecule has 9 heteroatoms. The van der Waals surface area contributed by atoms with Gasteiger partial charge in [0.2, 0.25) is 0 Å². The van der Waals surface area contributed by atoms with E-state index in [-0.39, 0.29) is 93.6 Å². The SMILES string of the molecule is C.C.C.C.C.C.CC(C)=O.CCCC(C)O.CCCC(O)CCC.CCCCCC(C)O.CCCCCC(O)CC(C)C.CCCCCC(O)CCC.CCCCCC(O)CCCCC.CCCCO.CCO. The lowest BCUT2D eigenvalue weighted by Gasteiger charge is -2.11. The Hall–Kier alpha value is -0.650. The van der Waals surface area contributed by atoms with Gasteiger partial charge in [-0.1, -0.05) is 256 Å². The Morgan fingerprint density at radius 2 is 0.521 bits per heavy atom. The maximum absolute atomic E-state index is 9.50. The molecule has 0 bridgehead atoms. The van der Waals surface area contributed by atoms with Crippen molar-refractivity contribution in [2.75, 3.05) is 13.2 Å². The van der Waals surface area contributed by atoms with Crippen LogP contribution in [0.2, 0.25) is 0 Å². The smallest absolute Gasteiger partial charge is 0.126 e. The van der Waals surface area contributed by atoms with Gasteiger partial charge in [0.1, 0.15) is 5.78 Å². The van der Waals surface area contributed by atoms with Crippen LogP contribution < -0.4 is 0 Å². The molecular weight excluding hydrogens is 913 g/mol. The number of ketones is 1. The standard InChI is InChI=1S/C11H24O.C10H22O.C9H20O.2C7H16O.C5H12O.C4H10O.C3H6O.C2H6O.6CH4/c1-3-5-7-9-11(12)10-8-6-4-2;1-4-5-6-7-10(11)8-9(2)3;1-3-5-6-8-9(10)7-4-2;1-3-4-5-6-7(2)8;1-3-5-7(8)6-4-2;1-3-4-5(2)6;1-2-3-4-5;1-3(2)4;1-2-3;;;;;;/h11-12H,3-10H2,1-2H3;9-11H,4-8H2,1-3H3;9-10H,3-8H2,1-2H3;2*7-8H,3-6H2,1-2H3;5-6H,3-4H2,1-2H3;5H,2-4H2,1H3;1-2H3;3H,2H2,1H3;6*1H4. The number of aliphatic hydroxyl groups is 8. The topological polar surface area (TPSA) is 179 Å². The van der Waals surface area contributed by atoms with Crippen LogP contribution in [0.5, 0.6) is 0 Å². The highest BCUT2D eigenvalue weighted by atomic mass is 16.3. The van der Waals surface area contributed by atoms with Crippen molar-refractivity contribution in [1.82, 2.24) is 0 Å². The third kappa shape index (κ3) is 191. The molecule has 0 fully saturated rings. The van der Waals surface area contributed by atoms with E-state index >= 15 is 0 Å². The predicted molar refractivity (Wildman–Crippen MR) is 339 cm³/mol. The fourth-order valence-electron chi connectivity index (χ4n) is 5.88. The number of carbonyl (C=O) groups excluding carboxylic acids is 1. The zero-order valence-corrected chi connectivity index (χ0v) is 48.9. The number of rotatable bonds is 32. The molecule has 4 atom stereocenters. The summed E-state index contributed by atoms with van der Waals surface area (Å²) < 4.78 is 0. The zero-order valence-electron chi connectivity index (χ0n) is 48.9. The molecule has 0 aliphatic heterocycles. The molecule has 466 valence electrons. The zero-order chi connectivity index (χ0) is 54.0. The lowest BCUT2D eigenvalue weighted by atomic mass is 10.0. The molecule has 0 aromatic rings. The summed E-state index contributed by atoms with van der Waals surface area (Å²) >= 11 is 0. The van der Waals surface area contributed by atoms with Gasteiger partial charge >= 0.3 is 0 Å². The van der Waals surface area contributed by atoms with Crippen LogP contribution in [0.25, 0.3) is 0 Å². The van der Waals surface area contributed by atoms with Gasteiger partial charge < -0.3 is 45.6 Å². The molecule has 0 rings (SSSR count). The summed E-state index contributed by atoms with van der Waals surface area (Å²) in [4.78, 5) is 9.44. The monoisotopic (exact) mass is 1070 g/mol. The van der Waals surface area contributed by atoms with Gasteiger partial charge in [0.15, 0.2) is 0 Å². The second-order valence-corrected chi connectivity index (χ2v) is 18.9. The lowest BCUT2D eigenvalue weighted by Crippen LogP contribution is -2.09. The summed E-state index contributed by atoms with van der Waals surface area (Å²) in [6, 6.07) is 0. The van der Waals surface area contributed by atoms with Crippen molar-refractivity contribution in [3.8, 4) is 0 Å². The Bertz CT molecular complexity index is 716. The minimum absolute atomic E-state index is 0. The van der Waals surface area contributed by atoms with Gasteiger partial charge in [-0.15, -0.1) is 0 Å². The van der Waals surface area contributed by atoms with Crippen molar-refractivity contribution in [2.24, 2.45) is 5.92 Å². The molecule has 0 aromatic carbocycles. The number of hydrogen-bond acceptors (Lipinski definition) is 9. The molecule has 0 aromatic heterocycles. The van der Waals surface area contributed by atoms with Gasteiger partial charge in [0.05, 0.1) is 36.6 Å². The number of aliphatic hydroxyl groups excluding tert-OH is 8. The van der Waals surface area contributed by atoms with Crippen LogP contribution in [0.1, 0.15) is 361 Å². The third-order valence-corrected chi connectivity index (χ3v) is 9.62. The Balaban J connectivity index is -0.0000000404. The van der Waals surface area contributed by atoms with Gasteiger partial charge in [-0.25, -0.2) is 0 Å². The van der Waals surface area contributed by atoms with E-state index in [1.807, 2.05) is 13.8 Å². The minimum Gasteiger partial charge on any atom is -0.397 e. The summed E-state index contributed by atoms with van der Waals surface area (Å²) in [7, 11) is 0. The Morgan fingerprint density at radius 3 is 0.685 bits per heavy atom. The van der Waals surface area contributed by atoms with Crippen LogP contribution in [-0.2, 0) is 4.79 Å².